The van der Waals surface area contributed by atoms with Crippen molar-refractivity contribution >= 4 is 0 Å². The van der Waals surface area contributed by atoms with Crippen molar-refractivity contribution in [1.29, 1.82) is 0 Å². The second kappa shape index (κ2) is 5.31. The molecule has 2 aromatic heterocycles. The van der Waals surface area contributed by atoms with Gasteiger partial charge in [0, 0.05) is 18.4 Å². The zero-order valence-electron chi connectivity index (χ0n) is 11.5. The van der Waals surface area contributed by atoms with Gasteiger partial charge in [0.2, 0.25) is 0 Å². The van der Waals surface area contributed by atoms with Crippen LogP contribution in [0.4, 0.5) is 0 Å². The molecule has 4 heteroatoms. The van der Waals surface area contributed by atoms with E-state index in [4.69, 9.17) is 0 Å². The van der Waals surface area contributed by atoms with Crippen LogP contribution in [0.2, 0.25) is 0 Å². The van der Waals surface area contributed by atoms with E-state index in [2.05, 4.69) is 42.2 Å². The van der Waals surface area contributed by atoms with E-state index < -0.39 is 0 Å². The fraction of sp³-hybridized carbons (Fsp3) is 0.429. The van der Waals surface area contributed by atoms with Crippen LogP contribution in [0.3, 0.4) is 0 Å². The number of nitrogens with zero attached hydrogens (tertiary/aromatic N) is 3. The zero-order chi connectivity index (χ0) is 13.1. The third-order valence-electron chi connectivity index (χ3n) is 3.26. The highest BCUT2D eigenvalue weighted by Gasteiger charge is 2.09. The first kappa shape index (κ1) is 12.8. The van der Waals surface area contributed by atoms with Crippen molar-refractivity contribution < 1.29 is 0 Å². The number of hydrogen-bond donors (Lipinski definition) is 1. The fourth-order valence-electron chi connectivity index (χ4n) is 1.86. The van der Waals surface area contributed by atoms with Crippen LogP contribution in [-0.4, -0.2) is 21.3 Å². The van der Waals surface area contributed by atoms with Crippen LogP contribution in [0, 0.1) is 20.8 Å². The van der Waals surface area contributed by atoms with Crippen molar-refractivity contribution in [2.24, 2.45) is 0 Å². The van der Waals surface area contributed by atoms with E-state index in [1.807, 2.05) is 23.9 Å². The predicted octanol–water partition coefficient (Wildman–Crippen LogP) is 2.30. The molecule has 0 spiro atoms. The molecular formula is C14H20N4. The normalized spacial score (nSPS) is 10.9. The lowest BCUT2D eigenvalue weighted by atomic mass is 10.2. The lowest BCUT2D eigenvalue weighted by Gasteiger charge is -2.05. The van der Waals surface area contributed by atoms with Gasteiger partial charge < -0.3 is 5.32 Å². The zero-order valence-corrected chi connectivity index (χ0v) is 11.5. The SMILES string of the molecule is CCNCc1ccc(-n2nc(C)c(C)c2C)nc1. The highest BCUT2D eigenvalue weighted by molar-refractivity contribution is 5.32. The van der Waals surface area contributed by atoms with Crippen LogP contribution in [0.25, 0.3) is 5.82 Å². The quantitative estimate of drug-likeness (QED) is 0.897. The molecule has 0 fully saturated rings. The lowest BCUT2D eigenvalue weighted by Crippen LogP contribution is -2.12. The summed E-state index contributed by atoms with van der Waals surface area (Å²) >= 11 is 0. The largest absolute Gasteiger partial charge is 0.313 e. The number of hydrogen-bond acceptors (Lipinski definition) is 3. The summed E-state index contributed by atoms with van der Waals surface area (Å²) in [6, 6.07) is 4.11. The monoisotopic (exact) mass is 244 g/mol. The standard InChI is InChI=1S/C14H20N4/c1-5-15-8-13-6-7-14(16-9-13)18-12(4)10(2)11(3)17-18/h6-7,9,15H,5,8H2,1-4H3. The summed E-state index contributed by atoms with van der Waals surface area (Å²) in [5.41, 5.74) is 4.64. The summed E-state index contributed by atoms with van der Waals surface area (Å²) in [5, 5.41) is 7.80. The first-order valence-electron chi connectivity index (χ1n) is 6.32. The van der Waals surface area contributed by atoms with E-state index >= 15 is 0 Å². The Morgan fingerprint density at radius 1 is 1.22 bits per heavy atom. The van der Waals surface area contributed by atoms with Gasteiger partial charge in [-0.2, -0.15) is 5.10 Å². The van der Waals surface area contributed by atoms with Crippen molar-refractivity contribution in [2.75, 3.05) is 6.54 Å². The number of pyridine rings is 1. The molecule has 0 aromatic carbocycles. The summed E-state index contributed by atoms with van der Waals surface area (Å²) in [6.45, 7) is 10.1. The van der Waals surface area contributed by atoms with Gasteiger partial charge >= 0.3 is 0 Å². The van der Waals surface area contributed by atoms with Crippen LogP contribution in [0.5, 0.6) is 0 Å². The van der Waals surface area contributed by atoms with Crippen LogP contribution in [0.1, 0.15) is 29.4 Å². The maximum atomic E-state index is 4.51. The first-order chi connectivity index (χ1) is 8.63. The average molecular weight is 244 g/mol. The van der Waals surface area contributed by atoms with Crippen molar-refractivity contribution in [1.82, 2.24) is 20.1 Å². The molecule has 2 heterocycles. The highest BCUT2D eigenvalue weighted by Crippen LogP contribution is 2.15. The highest BCUT2D eigenvalue weighted by atomic mass is 15.3. The molecule has 0 aliphatic heterocycles. The number of nitrogens with one attached hydrogen (secondary N) is 1. The van der Waals surface area contributed by atoms with Crippen LogP contribution >= 0.6 is 0 Å². The van der Waals surface area contributed by atoms with Crippen LogP contribution in [-0.2, 0) is 6.54 Å². The van der Waals surface area contributed by atoms with Crippen molar-refractivity contribution in [3.63, 3.8) is 0 Å². The molecule has 4 nitrogen and oxygen atoms in total. The molecule has 18 heavy (non-hydrogen) atoms. The Morgan fingerprint density at radius 2 is 2.00 bits per heavy atom. The second-order valence-corrected chi connectivity index (χ2v) is 4.51. The Morgan fingerprint density at radius 3 is 2.50 bits per heavy atom. The maximum absolute atomic E-state index is 4.51. The fourth-order valence-corrected chi connectivity index (χ4v) is 1.86. The van der Waals surface area contributed by atoms with Crippen molar-refractivity contribution in [2.45, 2.75) is 34.2 Å². The topological polar surface area (TPSA) is 42.7 Å². The molecule has 96 valence electrons. The van der Waals surface area contributed by atoms with Crippen LogP contribution in [0.15, 0.2) is 18.3 Å². The third kappa shape index (κ3) is 2.43. The minimum absolute atomic E-state index is 0.861. The lowest BCUT2D eigenvalue weighted by molar-refractivity contribution is 0.721. The van der Waals surface area contributed by atoms with Gasteiger partial charge in [-0.3, -0.25) is 0 Å². The van der Waals surface area contributed by atoms with Gasteiger partial charge in [-0.25, -0.2) is 9.67 Å². The van der Waals surface area contributed by atoms with E-state index in [0.717, 1.165) is 30.3 Å². The second-order valence-electron chi connectivity index (χ2n) is 4.51. The maximum Gasteiger partial charge on any atom is 0.153 e. The predicted molar refractivity (Wildman–Crippen MR) is 73.0 cm³/mol. The molecule has 0 saturated carbocycles. The molecule has 2 aromatic rings. The molecule has 1 N–H and O–H groups in total. The van der Waals surface area contributed by atoms with Gasteiger partial charge in [0.05, 0.1) is 5.69 Å². The van der Waals surface area contributed by atoms with E-state index in [1.54, 1.807) is 0 Å². The summed E-state index contributed by atoms with van der Waals surface area (Å²) in [7, 11) is 0. The smallest absolute Gasteiger partial charge is 0.153 e. The molecule has 0 atom stereocenters. The Hall–Kier alpha value is -1.68. The number of aromatic nitrogens is 3. The van der Waals surface area contributed by atoms with Gasteiger partial charge in [0.25, 0.3) is 0 Å². The van der Waals surface area contributed by atoms with Crippen molar-refractivity contribution in [3.8, 4) is 5.82 Å². The van der Waals surface area contributed by atoms with E-state index in [1.165, 1.54) is 11.1 Å². The van der Waals surface area contributed by atoms with Gasteiger partial charge in [-0.05, 0) is 44.5 Å². The Balaban J connectivity index is 2.26. The molecule has 0 amide bonds. The van der Waals surface area contributed by atoms with Gasteiger partial charge in [-0.1, -0.05) is 13.0 Å². The van der Waals surface area contributed by atoms with E-state index in [9.17, 15) is 0 Å². The summed E-state index contributed by atoms with van der Waals surface area (Å²) in [6.07, 6.45) is 1.91. The van der Waals surface area contributed by atoms with E-state index in [-0.39, 0.29) is 0 Å². The van der Waals surface area contributed by atoms with Crippen LogP contribution < -0.4 is 5.32 Å². The van der Waals surface area contributed by atoms with Crippen molar-refractivity contribution in [3.05, 3.63) is 40.8 Å². The Bertz CT molecular complexity index is 525. The molecule has 0 radical (unpaired) electrons. The van der Waals surface area contributed by atoms with Gasteiger partial charge in [0.15, 0.2) is 5.82 Å². The average Bonchev–Trinajstić information content (AvgIpc) is 2.65. The summed E-state index contributed by atoms with van der Waals surface area (Å²) in [4.78, 5) is 4.48. The Labute approximate surface area is 108 Å². The summed E-state index contributed by atoms with van der Waals surface area (Å²) < 4.78 is 1.90. The molecule has 0 unspecified atom stereocenters. The van der Waals surface area contributed by atoms with Gasteiger partial charge in [0.1, 0.15) is 0 Å². The van der Waals surface area contributed by atoms with Gasteiger partial charge in [-0.15, -0.1) is 0 Å². The minimum atomic E-state index is 0.861. The number of rotatable bonds is 4. The molecule has 0 aliphatic carbocycles. The van der Waals surface area contributed by atoms with E-state index in [0.29, 0.717) is 0 Å². The minimum Gasteiger partial charge on any atom is -0.313 e. The molecule has 0 aliphatic rings. The third-order valence-corrected chi connectivity index (χ3v) is 3.26. The molecule has 2 rings (SSSR count). The Kier molecular flexibility index (Phi) is 3.77. The molecule has 0 saturated heterocycles. The first-order valence-corrected chi connectivity index (χ1v) is 6.32. The molecule has 0 bridgehead atoms. The molecular weight excluding hydrogens is 224 g/mol. The number of aryl methyl sites for hydroxylation is 1. The summed E-state index contributed by atoms with van der Waals surface area (Å²) in [5.74, 6) is 0.879.